The number of aromatic nitrogens is 4. The lowest BCUT2D eigenvalue weighted by Crippen LogP contribution is -2.29. The summed E-state index contributed by atoms with van der Waals surface area (Å²) in [4.78, 5) is 14.4. The number of likely N-dealkylation sites (tertiary alicyclic amines) is 1. The van der Waals surface area contributed by atoms with E-state index in [1.165, 1.54) is 0 Å². The van der Waals surface area contributed by atoms with Gasteiger partial charge in [-0.25, -0.2) is 0 Å². The fraction of sp³-hybridized carbons (Fsp3) is 0.353. The van der Waals surface area contributed by atoms with E-state index in [-0.39, 0.29) is 5.91 Å². The number of aryl methyl sites for hydroxylation is 1. The summed E-state index contributed by atoms with van der Waals surface area (Å²) in [5.41, 5.74) is 2.20. The molecule has 118 valence electrons. The molecular formula is C17H19N5O. The van der Waals surface area contributed by atoms with Gasteiger partial charge in [-0.2, -0.15) is 10.2 Å². The van der Waals surface area contributed by atoms with Crippen LogP contribution in [0.15, 0.2) is 42.7 Å². The Morgan fingerprint density at radius 3 is 3.09 bits per heavy atom. The van der Waals surface area contributed by atoms with Crippen LogP contribution in [0.4, 0.5) is 0 Å². The lowest BCUT2D eigenvalue weighted by Gasteiger charge is -2.16. The van der Waals surface area contributed by atoms with Crippen LogP contribution in [-0.4, -0.2) is 43.9 Å². The molecule has 6 heteroatoms. The van der Waals surface area contributed by atoms with Crippen molar-refractivity contribution < 1.29 is 4.79 Å². The quantitative estimate of drug-likeness (QED) is 0.803. The summed E-state index contributed by atoms with van der Waals surface area (Å²) in [5, 5.41) is 12.5. The average molecular weight is 309 g/mol. The summed E-state index contributed by atoms with van der Waals surface area (Å²) in [6.07, 6.45) is 5.10. The Morgan fingerprint density at radius 1 is 1.30 bits per heavy atom. The Bertz CT molecular complexity index is 807. The number of carbonyl (C=O) groups excluding carboxylic acids is 1. The number of benzene rings is 1. The Balaban J connectivity index is 1.37. The van der Waals surface area contributed by atoms with E-state index in [4.69, 9.17) is 0 Å². The SMILES string of the molecule is O=C(CCn1ncc2ccccc21)N1CC[C@@H](c2ccn[nH]2)C1. The zero-order chi connectivity index (χ0) is 15.6. The predicted octanol–water partition coefficient (Wildman–Crippen LogP) is 2.17. The van der Waals surface area contributed by atoms with E-state index < -0.39 is 0 Å². The van der Waals surface area contributed by atoms with Crippen molar-refractivity contribution >= 4 is 16.8 Å². The molecule has 0 unspecified atom stereocenters. The third kappa shape index (κ3) is 2.72. The van der Waals surface area contributed by atoms with Crippen LogP contribution in [0.5, 0.6) is 0 Å². The third-order valence-electron chi connectivity index (χ3n) is 4.59. The maximum atomic E-state index is 12.5. The molecule has 3 aromatic rings. The van der Waals surface area contributed by atoms with Gasteiger partial charge in [0.25, 0.3) is 0 Å². The molecule has 4 rings (SSSR count). The van der Waals surface area contributed by atoms with Crippen LogP contribution in [0.1, 0.15) is 24.5 Å². The molecule has 0 bridgehead atoms. The van der Waals surface area contributed by atoms with Crippen molar-refractivity contribution in [2.75, 3.05) is 13.1 Å². The molecular weight excluding hydrogens is 290 g/mol. The molecule has 1 fully saturated rings. The molecule has 1 saturated heterocycles. The van der Waals surface area contributed by atoms with Crippen LogP contribution in [-0.2, 0) is 11.3 Å². The Morgan fingerprint density at radius 2 is 2.22 bits per heavy atom. The Hall–Kier alpha value is -2.63. The number of hydrogen-bond donors (Lipinski definition) is 1. The molecule has 23 heavy (non-hydrogen) atoms. The number of para-hydroxylation sites is 1. The van der Waals surface area contributed by atoms with Gasteiger partial charge in [0.2, 0.25) is 5.91 Å². The molecule has 0 saturated carbocycles. The van der Waals surface area contributed by atoms with Crippen LogP contribution in [0.3, 0.4) is 0 Å². The lowest BCUT2D eigenvalue weighted by atomic mass is 10.1. The number of aromatic amines is 1. The normalized spacial score (nSPS) is 17.9. The molecule has 0 aliphatic carbocycles. The molecule has 1 aromatic carbocycles. The van der Waals surface area contributed by atoms with Crippen molar-refractivity contribution in [1.29, 1.82) is 0 Å². The van der Waals surface area contributed by atoms with Crippen molar-refractivity contribution in [1.82, 2.24) is 24.9 Å². The fourth-order valence-corrected chi connectivity index (χ4v) is 3.30. The largest absolute Gasteiger partial charge is 0.342 e. The molecule has 1 amide bonds. The minimum atomic E-state index is 0.201. The number of rotatable bonds is 4. The number of nitrogens with one attached hydrogen (secondary N) is 1. The molecule has 0 spiro atoms. The molecule has 3 heterocycles. The number of nitrogens with zero attached hydrogens (tertiary/aromatic N) is 4. The highest BCUT2D eigenvalue weighted by Gasteiger charge is 2.27. The first kappa shape index (κ1) is 14.0. The van der Waals surface area contributed by atoms with Gasteiger partial charge in [-0.1, -0.05) is 18.2 Å². The van der Waals surface area contributed by atoms with Crippen molar-refractivity contribution in [2.24, 2.45) is 0 Å². The second-order valence-corrected chi connectivity index (χ2v) is 6.01. The summed E-state index contributed by atoms with van der Waals surface area (Å²) in [7, 11) is 0. The first-order valence-electron chi connectivity index (χ1n) is 7.99. The highest BCUT2D eigenvalue weighted by Crippen LogP contribution is 2.26. The van der Waals surface area contributed by atoms with Gasteiger partial charge in [-0.3, -0.25) is 14.6 Å². The van der Waals surface area contributed by atoms with Gasteiger partial charge in [0, 0.05) is 42.7 Å². The van der Waals surface area contributed by atoms with E-state index >= 15 is 0 Å². The molecule has 0 radical (unpaired) electrons. The second kappa shape index (κ2) is 5.87. The van der Waals surface area contributed by atoms with Crippen molar-refractivity contribution in [3.8, 4) is 0 Å². The minimum absolute atomic E-state index is 0.201. The van der Waals surface area contributed by atoms with Gasteiger partial charge >= 0.3 is 0 Å². The van der Waals surface area contributed by atoms with Crippen LogP contribution in [0.25, 0.3) is 10.9 Å². The third-order valence-corrected chi connectivity index (χ3v) is 4.59. The van der Waals surface area contributed by atoms with Gasteiger partial charge in [-0.05, 0) is 18.6 Å². The van der Waals surface area contributed by atoms with E-state index in [1.807, 2.05) is 46.1 Å². The first-order chi connectivity index (χ1) is 11.3. The zero-order valence-corrected chi connectivity index (χ0v) is 12.9. The number of carbonyl (C=O) groups is 1. The number of hydrogen-bond acceptors (Lipinski definition) is 3. The standard InChI is InChI=1S/C17H19N5O/c23-17(21-9-6-14(12-21)15-5-8-18-20-15)7-10-22-16-4-2-1-3-13(16)11-19-22/h1-5,8,11,14H,6-7,9-10,12H2,(H,18,20)/t14-/m1/s1. The highest BCUT2D eigenvalue weighted by molar-refractivity contribution is 5.79. The summed E-state index contributed by atoms with van der Waals surface area (Å²) in [5.74, 6) is 0.582. The van der Waals surface area contributed by atoms with Gasteiger partial charge in [-0.15, -0.1) is 0 Å². The van der Waals surface area contributed by atoms with Crippen molar-refractivity contribution in [3.63, 3.8) is 0 Å². The second-order valence-electron chi connectivity index (χ2n) is 6.01. The van der Waals surface area contributed by atoms with E-state index in [9.17, 15) is 4.79 Å². The fourth-order valence-electron chi connectivity index (χ4n) is 3.30. The molecule has 1 N–H and O–H groups in total. The molecule has 1 aliphatic heterocycles. The number of H-pyrrole nitrogens is 1. The molecule has 1 atom stereocenters. The van der Waals surface area contributed by atoms with Gasteiger partial charge < -0.3 is 4.90 Å². The van der Waals surface area contributed by atoms with E-state index in [0.29, 0.717) is 18.9 Å². The molecule has 2 aromatic heterocycles. The van der Waals surface area contributed by atoms with Crippen LogP contribution >= 0.6 is 0 Å². The van der Waals surface area contributed by atoms with E-state index in [0.717, 1.165) is 36.1 Å². The monoisotopic (exact) mass is 309 g/mol. The number of amides is 1. The summed E-state index contributed by atoms with van der Waals surface area (Å²) >= 11 is 0. The van der Waals surface area contributed by atoms with Gasteiger partial charge in [0.1, 0.15) is 0 Å². The van der Waals surface area contributed by atoms with Crippen LogP contribution in [0, 0.1) is 0 Å². The maximum absolute atomic E-state index is 12.5. The summed E-state index contributed by atoms with van der Waals surface area (Å²) in [6, 6.07) is 10.1. The predicted molar refractivity (Wildman–Crippen MR) is 86.9 cm³/mol. The van der Waals surface area contributed by atoms with Crippen LogP contribution < -0.4 is 0 Å². The average Bonchev–Trinajstić information content (AvgIpc) is 3.31. The molecule has 6 nitrogen and oxygen atoms in total. The topological polar surface area (TPSA) is 66.8 Å². The Kier molecular flexibility index (Phi) is 3.57. The lowest BCUT2D eigenvalue weighted by molar-refractivity contribution is -0.130. The minimum Gasteiger partial charge on any atom is -0.342 e. The number of fused-ring (bicyclic) bond motifs is 1. The van der Waals surface area contributed by atoms with E-state index in [2.05, 4.69) is 15.3 Å². The highest BCUT2D eigenvalue weighted by atomic mass is 16.2. The van der Waals surface area contributed by atoms with Crippen LogP contribution in [0.2, 0.25) is 0 Å². The van der Waals surface area contributed by atoms with Crippen molar-refractivity contribution in [2.45, 2.75) is 25.3 Å². The molecule has 1 aliphatic rings. The smallest absolute Gasteiger partial charge is 0.224 e. The van der Waals surface area contributed by atoms with Gasteiger partial charge in [0.15, 0.2) is 0 Å². The Labute approximate surface area is 134 Å². The first-order valence-corrected chi connectivity index (χ1v) is 7.99. The maximum Gasteiger partial charge on any atom is 0.224 e. The summed E-state index contributed by atoms with van der Waals surface area (Å²) in [6.45, 7) is 2.22. The zero-order valence-electron chi connectivity index (χ0n) is 12.9. The van der Waals surface area contributed by atoms with Crippen molar-refractivity contribution in [3.05, 3.63) is 48.4 Å². The van der Waals surface area contributed by atoms with E-state index in [1.54, 1.807) is 6.20 Å². The summed E-state index contributed by atoms with van der Waals surface area (Å²) < 4.78 is 1.91. The van der Waals surface area contributed by atoms with Gasteiger partial charge in [0.05, 0.1) is 18.3 Å².